The predicted octanol–water partition coefficient (Wildman–Crippen LogP) is 4.03. The third-order valence-corrected chi connectivity index (χ3v) is 6.95. The first-order valence-corrected chi connectivity index (χ1v) is 12.9. The molecule has 200 valence electrons. The third-order valence-electron chi connectivity index (χ3n) is 6.95. The maximum atomic E-state index is 13.1. The number of nitrogens with zero attached hydrogens (tertiary/aromatic N) is 2. The van der Waals surface area contributed by atoms with Gasteiger partial charge in [0.1, 0.15) is 11.1 Å². The molecule has 0 saturated carbocycles. The Balaban J connectivity index is 1.93. The summed E-state index contributed by atoms with van der Waals surface area (Å²) in [6, 6.07) is 9.52. The molecule has 0 saturated heterocycles. The Kier molecular flexibility index (Phi) is 6.77. The molecule has 2 amide bonds. The molecule has 0 atom stereocenters. The monoisotopic (exact) mass is 516 g/mol. The number of fused-ring (bicyclic) bond motifs is 3. The van der Waals surface area contributed by atoms with Crippen LogP contribution < -0.4 is 20.5 Å². The molecule has 0 aliphatic carbocycles. The van der Waals surface area contributed by atoms with Gasteiger partial charge in [-0.25, -0.2) is 0 Å². The second kappa shape index (κ2) is 9.46. The van der Waals surface area contributed by atoms with Gasteiger partial charge in [-0.1, -0.05) is 12.1 Å². The zero-order valence-electron chi connectivity index (χ0n) is 23.2. The van der Waals surface area contributed by atoms with Crippen molar-refractivity contribution in [2.75, 3.05) is 6.61 Å². The van der Waals surface area contributed by atoms with Crippen molar-refractivity contribution in [1.29, 1.82) is 5.26 Å². The average Bonchev–Trinajstić information content (AvgIpc) is 3.14. The van der Waals surface area contributed by atoms with Crippen molar-refractivity contribution in [3.63, 3.8) is 0 Å². The fourth-order valence-electron chi connectivity index (χ4n) is 5.18. The molecule has 8 heteroatoms. The summed E-state index contributed by atoms with van der Waals surface area (Å²) in [6.45, 7) is 13.7. The number of carbonyl (C=O) groups excluding carboxylic acids is 2. The van der Waals surface area contributed by atoms with Gasteiger partial charge in [0.2, 0.25) is 5.91 Å². The van der Waals surface area contributed by atoms with E-state index in [0.29, 0.717) is 36.5 Å². The molecule has 2 aromatic rings. The Morgan fingerprint density at radius 3 is 2.55 bits per heavy atom. The number of hydrogen-bond acceptors (Lipinski definition) is 6. The van der Waals surface area contributed by atoms with Crippen LogP contribution in [0.15, 0.2) is 29.3 Å². The van der Waals surface area contributed by atoms with Gasteiger partial charge < -0.3 is 20.5 Å². The number of benzene rings is 2. The van der Waals surface area contributed by atoms with Crippen LogP contribution in [-0.4, -0.2) is 40.8 Å². The summed E-state index contributed by atoms with van der Waals surface area (Å²) < 4.78 is 12.5. The van der Waals surface area contributed by atoms with E-state index in [9.17, 15) is 14.9 Å². The number of carbonyl (C=O) groups is 2. The molecule has 3 N–H and O–H groups in total. The Labute approximate surface area is 224 Å². The molecule has 2 heterocycles. The highest BCUT2D eigenvalue weighted by Crippen LogP contribution is 2.50. The second-order valence-corrected chi connectivity index (χ2v) is 11.7. The first-order chi connectivity index (χ1) is 17.7. The summed E-state index contributed by atoms with van der Waals surface area (Å²) in [5.74, 6) is 0.290. The highest BCUT2D eigenvalue weighted by atomic mass is 16.5. The number of aliphatic imine (C=N–C) groups is 1. The van der Waals surface area contributed by atoms with Crippen LogP contribution in [0, 0.1) is 11.3 Å². The Morgan fingerprint density at radius 1 is 1.21 bits per heavy atom. The van der Waals surface area contributed by atoms with Gasteiger partial charge in [-0.15, -0.1) is 0 Å². The van der Waals surface area contributed by atoms with Crippen molar-refractivity contribution in [2.45, 2.75) is 84.4 Å². The summed E-state index contributed by atoms with van der Waals surface area (Å²) in [6.07, 6.45) is 1.48. The van der Waals surface area contributed by atoms with Crippen LogP contribution in [0.1, 0.15) is 86.6 Å². The number of nitriles is 1. The molecular formula is C30H36N4O4. The number of hydrogen-bond donors (Lipinski definition) is 2. The van der Waals surface area contributed by atoms with Crippen LogP contribution in [0.5, 0.6) is 11.5 Å². The van der Waals surface area contributed by atoms with Gasteiger partial charge in [0.15, 0.2) is 11.5 Å². The highest BCUT2D eigenvalue weighted by molar-refractivity contribution is 6.17. The van der Waals surface area contributed by atoms with E-state index in [4.69, 9.17) is 20.2 Å². The molecular weight excluding hydrogens is 480 g/mol. The number of primary amides is 1. The van der Waals surface area contributed by atoms with Crippen LogP contribution in [0.3, 0.4) is 0 Å². The lowest BCUT2D eigenvalue weighted by Crippen LogP contribution is -2.53. The molecule has 0 aromatic heterocycles. The zero-order valence-corrected chi connectivity index (χ0v) is 23.2. The Hall–Kier alpha value is -3.86. The molecule has 2 aliphatic rings. The first-order valence-electron chi connectivity index (χ1n) is 12.9. The van der Waals surface area contributed by atoms with Gasteiger partial charge in [-0.3, -0.25) is 14.6 Å². The minimum atomic E-state index is -1.20. The van der Waals surface area contributed by atoms with E-state index in [1.54, 1.807) is 32.0 Å². The Morgan fingerprint density at radius 2 is 1.92 bits per heavy atom. The topological polar surface area (TPSA) is 127 Å². The zero-order chi connectivity index (χ0) is 28.0. The molecule has 38 heavy (non-hydrogen) atoms. The van der Waals surface area contributed by atoms with E-state index in [1.807, 2.05) is 26.8 Å². The summed E-state index contributed by atoms with van der Waals surface area (Å²) >= 11 is 0. The lowest BCUT2D eigenvalue weighted by Gasteiger charge is -2.33. The van der Waals surface area contributed by atoms with Crippen molar-refractivity contribution in [3.05, 3.63) is 57.6 Å². The van der Waals surface area contributed by atoms with Gasteiger partial charge in [0.25, 0.3) is 5.91 Å². The smallest absolute Gasteiger partial charge is 0.252 e. The van der Waals surface area contributed by atoms with E-state index in [-0.39, 0.29) is 6.42 Å². The quantitative estimate of drug-likeness (QED) is 0.574. The normalized spacial score (nSPS) is 16.8. The van der Waals surface area contributed by atoms with Crippen molar-refractivity contribution < 1.29 is 19.1 Å². The van der Waals surface area contributed by atoms with Crippen LogP contribution in [0.2, 0.25) is 0 Å². The van der Waals surface area contributed by atoms with E-state index >= 15 is 0 Å². The minimum absolute atomic E-state index is 0.183. The van der Waals surface area contributed by atoms with Crippen LogP contribution in [0.4, 0.5) is 0 Å². The maximum Gasteiger partial charge on any atom is 0.252 e. The average molecular weight is 517 g/mol. The molecule has 0 unspecified atom stereocenters. The maximum absolute atomic E-state index is 13.1. The van der Waals surface area contributed by atoms with E-state index in [2.05, 4.69) is 25.2 Å². The molecule has 2 aliphatic heterocycles. The summed E-state index contributed by atoms with van der Waals surface area (Å²) in [5, 5.41) is 12.5. The highest BCUT2D eigenvalue weighted by Gasteiger charge is 2.42. The molecule has 0 spiro atoms. The van der Waals surface area contributed by atoms with Gasteiger partial charge >= 0.3 is 0 Å². The standard InChI is InChI=1S/C30H36N4O4/c1-8-37-24-19(12-13-31)20-15-28(2,3)33-23(22(20)21-16-29(4,5)38-25(21)24)17-10-9-11-18(14-17)26(35)34-30(6,7)27(32)36/h9-11,14H,8,12,15-16H2,1-7H3,(H2,32,36)(H,34,35). The minimum Gasteiger partial charge on any atom is -0.490 e. The summed E-state index contributed by atoms with van der Waals surface area (Å²) in [4.78, 5) is 30.0. The molecule has 0 bridgehead atoms. The SMILES string of the molecule is CCOc1c(CC#N)c2c(c3c1OC(C)(C)C3)C(c1cccc(C(=O)NC(C)(C)C(N)=O)c1)=NC(C)(C)C2. The van der Waals surface area contributed by atoms with Crippen molar-refractivity contribution in [3.8, 4) is 17.6 Å². The van der Waals surface area contributed by atoms with Crippen molar-refractivity contribution in [2.24, 2.45) is 10.7 Å². The second-order valence-electron chi connectivity index (χ2n) is 11.7. The number of ether oxygens (including phenoxy) is 2. The molecule has 2 aromatic carbocycles. The third kappa shape index (κ3) is 4.98. The van der Waals surface area contributed by atoms with Gasteiger partial charge in [-0.2, -0.15) is 5.26 Å². The van der Waals surface area contributed by atoms with E-state index in [1.165, 1.54) is 0 Å². The lowest BCUT2D eigenvalue weighted by atomic mass is 9.78. The van der Waals surface area contributed by atoms with Crippen LogP contribution in [-0.2, 0) is 24.1 Å². The number of nitrogens with two attached hydrogens (primary N) is 1. The van der Waals surface area contributed by atoms with Crippen molar-refractivity contribution in [1.82, 2.24) is 5.32 Å². The van der Waals surface area contributed by atoms with Crippen LogP contribution >= 0.6 is 0 Å². The molecule has 8 nitrogen and oxygen atoms in total. The van der Waals surface area contributed by atoms with Gasteiger partial charge in [0, 0.05) is 34.2 Å². The predicted molar refractivity (Wildman–Crippen MR) is 146 cm³/mol. The van der Waals surface area contributed by atoms with Crippen molar-refractivity contribution >= 4 is 17.5 Å². The van der Waals surface area contributed by atoms with Gasteiger partial charge in [0.05, 0.1) is 30.3 Å². The first kappa shape index (κ1) is 27.2. The Bertz CT molecular complexity index is 1400. The number of rotatable bonds is 7. The lowest BCUT2D eigenvalue weighted by molar-refractivity contribution is -0.122. The largest absolute Gasteiger partial charge is 0.490 e. The number of amides is 2. The fraction of sp³-hybridized carbons (Fsp3) is 0.467. The fourth-order valence-corrected chi connectivity index (χ4v) is 5.18. The molecule has 0 fully saturated rings. The van der Waals surface area contributed by atoms with Gasteiger partial charge in [-0.05, 0) is 72.6 Å². The summed E-state index contributed by atoms with van der Waals surface area (Å²) in [5.41, 5.74) is 9.09. The molecule has 4 rings (SSSR count). The van der Waals surface area contributed by atoms with E-state index in [0.717, 1.165) is 33.5 Å². The number of nitrogens with one attached hydrogen (secondary N) is 1. The molecule has 0 radical (unpaired) electrons. The van der Waals surface area contributed by atoms with E-state index < -0.39 is 28.5 Å². The summed E-state index contributed by atoms with van der Waals surface area (Å²) in [7, 11) is 0. The van der Waals surface area contributed by atoms with Crippen LogP contribution in [0.25, 0.3) is 0 Å².